The monoisotopic (exact) mass is 515 g/mol. The molecule has 1 amide bonds. The SMILES string of the molecule is O=C1c2c(nc(OCC34CCCN3CCC4)nc2N2CCCOCC2)CN1c1cc(O)cc2ccccc12. The van der Waals surface area contributed by atoms with E-state index in [1.54, 1.807) is 17.0 Å². The van der Waals surface area contributed by atoms with E-state index in [-0.39, 0.29) is 17.2 Å². The molecule has 4 aliphatic rings. The number of amides is 1. The van der Waals surface area contributed by atoms with Gasteiger partial charge in [0.05, 0.1) is 30.1 Å². The summed E-state index contributed by atoms with van der Waals surface area (Å²) in [6.45, 7) is 5.83. The van der Waals surface area contributed by atoms with Crippen molar-refractivity contribution < 1.29 is 19.4 Å². The van der Waals surface area contributed by atoms with Gasteiger partial charge in [-0.15, -0.1) is 0 Å². The summed E-state index contributed by atoms with van der Waals surface area (Å²) in [7, 11) is 0. The number of benzene rings is 2. The van der Waals surface area contributed by atoms with Crippen molar-refractivity contribution >= 4 is 28.2 Å². The van der Waals surface area contributed by atoms with Gasteiger partial charge in [-0.25, -0.2) is 0 Å². The zero-order valence-corrected chi connectivity index (χ0v) is 21.6. The first-order valence-corrected chi connectivity index (χ1v) is 13.8. The maximum atomic E-state index is 14.0. The summed E-state index contributed by atoms with van der Waals surface area (Å²) >= 11 is 0. The normalized spacial score (nSPS) is 21.1. The molecule has 3 saturated heterocycles. The van der Waals surface area contributed by atoms with E-state index in [4.69, 9.17) is 19.4 Å². The lowest BCUT2D eigenvalue weighted by Crippen LogP contribution is -2.43. The van der Waals surface area contributed by atoms with Gasteiger partial charge in [0, 0.05) is 31.1 Å². The number of fused-ring (bicyclic) bond motifs is 3. The summed E-state index contributed by atoms with van der Waals surface area (Å²) < 4.78 is 12.0. The van der Waals surface area contributed by atoms with E-state index in [0.29, 0.717) is 61.7 Å². The van der Waals surface area contributed by atoms with Gasteiger partial charge in [-0.3, -0.25) is 9.69 Å². The second kappa shape index (κ2) is 9.39. The van der Waals surface area contributed by atoms with Crippen LogP contribution in [0.5, 0.6) is 11.8 Å². The van der Waals surface area contributed by atoms with Gasteiger partial charge in [0.15, 0.2) is 0 Å². The summed E-state index contributed by atoms with van der Waals surface area (Å²) in [5, 5.41) is 12.2. The average Bonchev–Trinajstić information content (AvgIpc) is 3.52. The summed E-state index contributed by atoms with van der Waals surface area (Å²) in [6.07, 6.45) is 5.56. The molecular weight excluding hydrogens is 482 g/mol. The van der Waals surface area contributed by atoms with Crippen molar-refractivity contribution in [2.24, 2.45) is 0 Å². The zero-order chi connectivity index (χ0) is 25.7. The van der Waals surface area contributed by atoms with Gasteiger partial charge in [0.1, 0.15) is 23.7 Å². The highest BCUT2D eigenvalue weighted by Gasteiger charge is 2.45. The Morgan fingerprint density at radius 1 is 1.00 bits per heavy atom. The van der Waals surface area contributed by atoms with Crippen molar-refractivity contribution in [1.29, 1.82) is 0 Å². The molecule has 7 rings (SSSR count). The van der Waals surface area contributed by atoms with E-state index >= 15 is 0 Å². The molecule has 9 nitrogen and oxygen atoms in total. The minimum Gasteiger partial charge on any atom is -0.508 e. The summed E-state index contributed by atoms with van der Waals surface area (Å²) in [4.78, 5) is 30.1. The molecule has 0 bridgehead atoms. The van der Waals surface area contributed by atoms with Crippen LogP contribution in [0.25, 0.3) is 10.8 Å². The number of phenolic OH excluding ortho intramolecular Hbond substituents is 1. The van der Waals surface area contributed by atoms with Crippen LogP contribution in [0.4, 0.5) is 11.5 Å². The third-order valence-corrected chi connectivity index (χ3v) is 8.63. The highest BCUT2D eigenvalue weighted by Crippen LogP contribution is 2.41. The molecule has 0 radical (unpaired) electrons. The predicted molar refractivity (Wildman–Crippen MR) is 144 cm³/mol. The Bertz CT molecular complexity index is 1380. The molecule has 4 aliphatic heterocycles. The molecule has 198 valence electrons. The third-order valence-electron chi connectivity index (χ3n) is 8.63. The lowest BCUT2D eigenvalue weighted by atomic mass is 9.95. The molecule has 0 spiro atoms. The van der Waals surface area contributed by atoms with E-state index in [2.05, 4.69) is 9.80 Å². The van der Waals surface area contributed by atoms with Crippen molar-refractivity contribution in [2.45, 2.75) is 44.2 Å². The minimum absolute atomic E-state index is 0.0846. The summed E-state index contributed by atoms with van der Waals surface area (Å²) in [6, 6.07) is 11.5. The molecule has 1 N–H and O–H groups in total. The van der Waals surface area contributed by atoms with Gasteiger partial charge in [0.25, 0.3) is 5.91 Å². The molecule has 9 heteroatoms. The number of aromatic hydroxyl groups is 1. The molecule has 1 aromatic heterocycles. The number of rotatable bonds is 5. The van der Waals surface area contributed by atoms with Gasteiger partial charge >= 0.3 is 6.01 Å². The number of carbonyl (C=O) groups excluding carboxylic acids is 1. The molecular formula is C29H33N5O4. The highest BCUT2D eigenvalue weighted by atomic mass is 16.5. The topological polar surface area (TPSA) is 91.3 Å². The van der Waals surface area contributed by atoms with Gasteiger partial charge in [0.2, 0.25) is 0 Å². The first-order valence-electron chi connectivity index (χ1n) is 13.8. The molecule has 38 heavy (non-hydrogen) atoms. The number of nitrogens with zero attached hydrogens (tertiary/aromatic N) is 5. The van der Waals surface area contributed by atoms with Crippen LogP contribution >= 0.6 is 0 Å². The van der Waals surface area contributed by atoms with Gasteiger partial charge < -0.3 is 24.4 Å². The number of phenols is 1. The number of aromatic nitrogens is 2. The predicted octanol–water partition coefficient (Wildman–Crippen LogP) is 3.73. The number of hydrogen-bond acceptors (Lipinski definition) is 8. The first kappa shape index (κ1) is 23.7. The van der Waals surface area contributed by atoms with Crippen molar-refractivity contribution in [1.82, 2.24) is 14.9 Å². The van der Waals surface area contributed by atoms with Crippen LogP contribution in [0, 0.1) is 0 Å². The Labute approximate surface area is 222 Å². The lowest BCUT2D eigenvalue weighted by Gasteiger charge is -2.31. The van der Waals surface area contributed by atoms with Crippen LogP contribution in [0.3, 0.4) is 0 Å². The van der Waals surface area contributed by atoms with E-state index in [1.165, 1.54) is 12.8 Å². The average molecular weight is 516 g/mol. The molecule has 0 atom stereocenters. The van der Waals surface area contributed by atoms with Crippen LogP contribution in [0.1, 0.15) is 48.2 Å². The second-order valence-electron chi connectivity index (χ2n) is 10.9. The van der Waals surface area contributed by atoms with Crippen LogP contribution in [0.2, 0.25) is 0 Å². The van der Waals surface area contributed by atoms with Crippen LogP contribution in [-0.4, -0.2) is 77.4 Å². The van der Waals surface area contributed by atoms with Crippen LogP contribution in [0.15, 0.2) is 36.4 Å². The third kappa shape index (κ3) is 3.96. The highest BCUT2D eigenvalue weighted by molar-refractivity contribution is 6.16. The standard InChI is InChI=1S/C29H33N5O4/c35-21-16-20-6-1-2-7-22(20)24(17-21)34-18-23-25(27(34)36)26(32-10-5-14-37-15-13-32)31-28(30-23)38-19-29-8-3-11-33(29)12-4-9-29/h1-2,6-7,16-17,35H,3-5,8-15,18-19H2. The quantitative estimate of drug-likeness (QED) is 0.550. The largest absolute Gasteiger partial charge is 0.508 e. The van der Waals surface area contributed by atoms with Gasteiger partial charge in [-0.05, 0) is 56.6 Å². The number of anilines is 2. The van der Waals surface area contributed by atoms with Crippen LogP contribution in [-0.2, 0) is 11.3 Å². The molecule has 2 aromatic carbocycles. The smallest absolute Gasteiger partial charge is 0.318 e. The fraction of sp³-hybridized carbons (Fsp3) is 0.483. The van der Waals surface area contributed by atoms with Gasteiger partial charge in [-0.1, -0.05) is 24.3 Å². The Hall–Kier alpha value is -3.43. The molecule has 3 aromatic rings. The fourth-order valence-electron chi connectivity index (χ4n) is 6.77. The first-order chi connectivity index (χ1) is 18.6. The lowest BCUT2D eigenvalue weighted by molar-refractivity contribution is 0.0996. The number of carbonyl (C=O) groups is 1. The minimum atomic E-state index is -0.154. The summed E-state index contributed by atoms with van der Waals surface area (Å²) in [5.74, 6) is 0.595. The van der Waals surface area contributed by atoms with E-state index < -0.39 is 0 Å². The van der Waals surface area contributed by atoms with Crippen molar-refractivity contribution in [3.8, 4) is 11.8 Å². The Kier molecular flexibility index (Phi) is 5.85. The van der Waals surface area contributed by atoms with E-state index in [0.717, 1.165) is 49.7 Å². The number of ether oxygens (including phenoxy) is 2. The molecule has 5 heterocycles. The summed E-state index contributed by atoms with van der Waals surface area (Å²) in [5.41, 5.74) is 1.94. The molecule has 0 saturated carbocycles. The zero-order valence-electron chi connectivity index (χ0n) is 21.6. The van der Waals surface area contributed by atoms with Gasteiger partial charge in [-0.2, -0.15) is 9.97 Å². The van der Waals surface area contributed by atoms with Crippen LogP contribution < -0.4 is 14.5 Å². The van der Waals surface area contributed by atoms with E-state index in [1.807, 2.05) is 24.3 Å². The molecule has 0 aliphatic carbocycles. The van der Waals surface area contributed by atoms with E-state index in [9.17, 15) is 9.90 Å². The number of hydrogen-bond donors (Lipinski definition) is 1. The van der Waals surface area contributed by atoms with Crippen molar-refractivity contribution in [3.05, 3.63) is 47.7 Å². The maximum absolute atomic E-state index is 14.0. The molecule has 0 unspecified atom stereocenters. The maximum Gasteiger partial charge on any atom is 0.318 e. The molecule has 3 fully saturated rings. The Morgan fingerprint density at radius 3 is 2.71 bits per heavy atom. The fourth-order valence-corrected chi connectivity index (χ4v) is 6.77. The Balaban J connectivity index is 1.27. The second-order valence-corrected chi connectivity index (χ2v) is 10.9. The van der Waals surface area contributed by atoms with Crippen molar-refractivity contribution in [2.75, 3.05) is 55.8 Å². The van der Waals surface area contributed by atoms with Crippen molar-refractivity contribution in [3.63, 3.8) is 0 Å². The Morgan fingerprint density at radius 2 is 1.84 bits per heavy atom.